The zero-order valence-corrected chi connectivity index (χ0v) is 12.3. The van der Waals surface area contributed by atoms with Gasteiger partial charge in [-0.15, -0.1) is 0 Å². The van der Waals surface area contributed by atoms with E-state index in [4.69, 9.17) is 10.2 Å². The monoisotopic (exact) mass is 294 g/mol. The second kappa shape index (κ2) is 5.68. The molecule has 0 saturated heterocycles. The summed E-state index contributed by atoms with van der Waals surface area (Å²) in [4.78, 5) is 0.212. The highest BCUT2D eigenvalue weighted by Crippen LogP contribution is 2.20. The van der Waals surface area contributed by atoms with Crippen molar-refractivity contribution in [3.63, 3.8) is 0 Å². The molecular formula is C14H18N2O3S. The van der Waals surface area contributed by atoms with E-state index < -0.39 is 10.0 Å². The second-order valence-electron chi connectivity index (χ2n) is 4.78. The first kappa shape index (κ1) is 14.6. The number of benzene rings is 1. The fourth-order valence-electron chi connectivity index (χ4n) is 2.02. The Labute approximate surface area is 118 Å². The van der Waals surface area contributed by atoms with E-state index in [1.54, 1.807) is 44.4 Å². The maximum atomic E-state index is 12.3. The Morgan fingerprint density at radius 1 is 1.30 bits per heavy atom. The van der Waals surface area contributed by atoms with Crippen LogP contribution in [0, 0.1) is 6.92 Å². The highest BCUT2D eigenvalue weighted by molar-refractivity contribution is 7.89. The number of nitrogens with one attached hydrogen (secondary N) is 1. The molecule has 2 rings (SSSR count). The molecular weight excluding hydrogens is 276 g/mol. The van der Waals surface area contributed by atoms with Crippen LogP contribution in [0.1, 0.15) is 18.2 Å². The number of nitrogens with two attached hydrogens (primary N) is 1. The van der Waals surface area contributed by atoms with Gasteiger partial charge in [0.2, 0.25) is 10.0 Å². The molecule has 0 bridgehead atoms. The largest absolute Gasteiger partial charge is 0.469 e. The van der Waals surface area contributed by atoms with Gasteiger partial charge in [-0.3, -0.25) is 0 Å². The number of furan rings is 1. The molecule has 0 fully saturated rings. The minimum atomic E-state index is -3.59. The lowest BCUT2D eigenvalue weighted by Gasteiger charge is -2.15. The molecule has 1 heterocycles. The van der Waals surface area contributed by atoms with E-state index in [2.05, 4.69) is 4.72 Å². The standard InChI is InChI=1S/C14H18N2O3S/c1-10(9-12-5-4-8-19-12)16-20(17,18)14-7-3-6-13(15)11(14)2/h3-8,10,16H,9,15H2,1-2H3. The van der Waals surface area contributed by atoms with E-state index >= 15 is 0 Å². The highest BCUT2D eigenvalue weighted by atomic mass is 32.2. The third kappa shape index (κ3) is 3.20. The first-order chi connectivity index (χ1) is 9.40. The number of hydrogen-bond acceptors (Lipinski definition) is 4. The van der Waals surface area contributed by atoms with Crippen molar-refractivity contribution in [2.75, 3.05) is 5.73 Å². The molecule has 6 heteroatoms. The molecule has 1 unspecified atom stereocenters. The zero-order valence-electron chi connectivity index (χ0n) is 11.5. The average molecular weight is 294 g/mol. The van der Waals surface area contributed by atoms with Crippen LogP contribution < -0.4 is 10.5 Å². The van der Waals surface area contributed by atoms with Crippen LogP contribution in [0.4, 0.5) is 5.69 Å². The van der Waals surface area contributed by atoms with E-state index in [1.807, 2.05) is 6.07 Å². The van der Waals surface area contributed by atoms with E-state index in [1.165, 1.54) is 0 Å². The number of hydrogen-bond donors (Lipinski definition) is 2. The number of sulfonamides is 1. The van der Waals surface area contributed by atoms with Gasteiger partial charge >= 0.3 is 0 Å². The predicted molar refractivity (Wildman–Crippen MR) is 77.8 cm³/mol. The van der Waals surface area contributed by atoms with Gasteiger partial charge in [0.25, 0.3) is 0 Å². The summed E-state index contributed by atoms with van der Waals surface area (Å²) in [5.41, 5.74) is 6.78. The molecule has 5 nitrogen and oxygen atoms in total. The highest BCUT2D eigenvalue weighted by Gasteiger charge is 2.20. The number of nitrogen functional groups attached to an aromatic ring is 1. The molecule has 0 spiro atoms. The van der Waals surface area contributed by atoms with Gasteiger partial charge in [-0.05, 0) is 43.7 Å². The van der Waals surface area contributed by atoms with Crippen LogP contribution >= 0.6 is 0 Å². The van der Waals surface area contributed by atoms with Gasteiger partial charge in [-0.1, -0.05) is 6.07 Å². The number of anilines is 1. The molecule has 108 valence electrons. The van der Waals surface area contributed by atoms with Gasteiger partial charge in [0.1, 0.15) is 5.76 Å². The van der Waals surface area contributed by atoms with E-state index in [0.29, 0.717) is 17.7 Å². The summed E-state index contributed by atoms with van der Waals surface area (Å²) in [6.45, 7) is 3.49. The third-order valence-corrected chi connectivity index (χ3v) is 4.79. The lowest BCUT2D eigenvalue weighted by molar-refractivity contribution is 0.479. The van der Waals surface area contributed by atoms with E-state index in [9.17, 15) is 8.42 Å². The maximum absolute atomic E-state index is 12.3. The lowest BCUT2D eigenvalue weighted by Crippen LogP contribution is -2.34. The Morgan fingerprint density at radius 3 is 2.70 bits per heavy atom. The van der Waals surface area contributed by atoms with Crippen LogP contribution in [-0.2, 0) is 16.4 Å². The molecule has 0 aliphatic carbocycles. The molecule has 1 aromatic heterocycles. The van der Waals surface area contributed by atoms with Crippen molar-refractivity contribution in [3.8, 4) is 0 Å². The van der Waals surface area contributed by atoms with Crippen LogP contribution in [0.15, 0.2) is 45.9 Å². The lowest BCUT2D eigenvalue weighted by atomic mass is 10.2. The van der Waals surface area contributed by atoms with Gasteiger partial charge in [0, 0.05) is 18.2 Å². The Bertz CT molecular complexity index is 678. The number of rotatable bonds is 5. The molecule has 3 N–H and O–H groups in total. The summed E-state index contributed by atoms with van der Waals surface area (Å²) in [7, 11) is -3.59. The minimum absolute atomic E-state index is 0.212. The van der Waals surface area contributed by atoms with Gasteiger partial charge in [0.15, 0.2) is 0 Å². The predicted octanol–water partition coefficient (Wildman–Crippen LogP) is 2.08. The van der Waals surface area contributed by atoms with Crippen molar-refractivity contribution in [1.82, 2.24) is 4.72 Å². The van der Waals surface area contributed by atoms with Crippen LogP contribution in [0.2, 0.25) is 0 Å². The minimum Gasteiger partial charge on any atom is -0.469 e. The first-order valence-electron chi connectivity index (χ1n) is 6.30. The third-order valence-electron chi connectivity index (χ3n) is 3.06. The Balaban J connectivity index is 2.16. The molecule has 0 aliphatic heterocycles. The normalized spacial score (nSPS) is 13.3. The summed E-state index contributed by atoms with van der Waals surface area (Å²) < 4.78 is 32.5. The molecule has 0 radical (unpaired) electrons. The molecule has 0 saturated carbocycles. The van der Waals surface area contributed by atoms with Crippen molar-refractivity contribution in [2.45, 2.75) is 31.2 Å². The smallest absolute Gasteiger partial charge is 0.241 e. The molecule has 0 aliphatic rings. The SMILES string of the molecule is Cc1c(N)cccc1S(=O)(=O)NC(C)Cc1ccco1. The summed E-state index contributed by atoms with van der Waals surface area (Å²) >= 11 is 0. The van der Waals surface area contributed by atoms with Crippen molar-refractivity contribution in [3.05, 3.63) is 47.9 Å². The van der Waals surface area contributed by atoms with Crippen molar-refractivity contribution < 1.29 is 12.8 Å². The Kier molecular flexibility index (Phi) is 4.15. The Hall–Kier alpha value is -1.79. The second-order valence-corrected chi connectivity index (χ2v) is 6.46. The van der Waals surface area contributed by atoms with Crippen molar-refractivity contribution >= 4 is 15.7 Å². The fourth-order valence-corrected chi connectivity index (χ4v) is 3.54. The molecule has 1 atom stereocenters. The van der Waals surface area contributed by atoms with Crippen LogP contribution in [0.25, 0.3) is 0 Å². The van der Waals surface area contributed by atoms with Crippen molar-refractivity contribution in [2.24, 2.45) is 0 Å². The van der Waals surface area contributed by atoms with Gasteiger partial charge < -0.3 is 10.2 Å². The van der Waals surface area contributed by atoms with Crippen LogP contribution in [0.3, 0.4) is 0 Å². The molecule has 2 aromatic rings. The Morgan fingerprint density at radius 2 is 2.05 bits per heavy atom. The van der Waals surface area contributed by atoms with Crippen LogP contribution in [-0.4, -0.2) is 14.5 Å². The average Bonchev–Trinajstić information content (AvgIpc) is 2.84. The summed E-state index contributed by atoms with van der Waals surface area (Å²) in [6, 6.07) is 8.18. The van der Waals surface area contributed by atoms with Crippen LogP contribution in [0.5, 0.6) is 0 Å². The molecule has 1 aromatic carbocycles. The zero-order chi connectivity index (χ0) is 14.8. The van der Waals surface area contributed by atoms with Gasteiger partial charge in [-0.25, -0.2) is 13.1 Å². The molecule has 20 heavy (non-hydrogen) atoms. The fraction of sp³-hybridized carbons (Fsp3) is 0.286. The summed E-state index contributed by atoms with van der Waals surface area (Å²) in [6.07, 6.45) is 2.06. The quantitative estimate of drug-likeness (QED) is 0.827. The topological polar surface area (TPSA) is 85.3 Å². The van der Waals surface area contributed by atoms with Gasteiger partial charge in [0.05, 0.1) is 11.2 Å². The van der Waals surface area contributed by atoms with E-state index in [0.717, 1.165) is 5.76 Å². The molecule has 0 amide bonds. The van der Waals surface area contributed by atoms with E-state index in [-0.39, 0.29) is 10.9 Å². The maximum Gasteiger partial charge on any atom is 0.241 e. The van der Waals surface area contributed by atoms with Crippen molar-refractivity contribution in [1.29, 1.82) is 0 Å². The summed E-state index contributed by atoms with van der Waals surface area (Å²) in [5.74, 6) is 0.740. The first-order valence-corrected chi connectivity index (χ1v) is 7.78. The van der Waals surface area contributed by atoms with Gasteiger partial charge in [-0.2, -0.15) is 0 Å². The summed E-state index contributed by atoms with van der Waals surface area (Å²) in [5, 5.41) is 0.